The largest absolute Gasteiger partial charge is 0.545 e. The Hall–Kier alpha value is -1.03. The summed E-state index contributed by atoms with van der Waals surface area (Å²) in [6.45, 7) is 9.80. The maximum absolute atomic E-state index is 10.7. The zero-order valence-electron chi connectivity index (χ0n) is 8.59. The minimum absolute atomic E-state index is 0.402. The fraction of sp³-hybridized carbons (Fsp3) is 0.444. The van der Waals surface area contributed by atoms with Gasteiger partial charge in [0.15, 0.2) is 0 Å². The maximum Gasteiger partial charge on any atom is 0.330 e. The fourth-order valence-corrected chi connectivity index (χ4v) is 1.51. The van der Waals surface area contributed by atoms with Gasteiger partial charge >= 0.3 is 5.97 Å². The maximum atomic E-state index is 10.7. The van der Waals surface area contributed by atoms with E-state index in [2.05, 4.69) is 11.3 Å². The molecule has 0 unspecified atom stereocenters. The number of methoxy groups -OCH3 is 1. The van der Waals surface area contributed by atoms with Gasteiger partial charge in [-0.05, 0) is 25.7 Å². The Bertz CT molecular complexity index is 226. The number of carbonyl (C=O) groups is 1. The molecule has 0 aromatic rings. The second-order valence-corrected chi connectivity index (χ2v) is 7.97. The van der Waals surface area contributed by atoms with Crippen LogP contribution in [0.5, 0.6) is 0 Å². The van der Waals surface area contributed by atoms with Crippen molar-refractivity contribution in [2.75, 3.05) is 7.11 Å². The highest BCUT2D eigenvalue weighted by Crippen LogP contribution is 2.09. The number of carbonyl (C=O) groups excluding carboxylic acids is 1. The van der Waals surface area contributed by atoms with Crippen molar-refractivity contribution < 1.29 is 14.0 Å². The van der Waals surface area contributed by atoms with Crippen LogP contribution in [0.15, 0.2) is 24.5 Å². The summed E-state index contributed by atoms with van der Waals surface area (Å²) in [7, 11) is -0.277. The summed E-state index contributed by atoms with van der Waals surface area (Å²) in [5, 5.41) is 0. The lowest BCUT2D eigenvalue weighted by molar-refractivity contribution is -0.134. The fourth-order valence-electron chi connectivity index (χ4n) is 0.656. The van der Waals surface area contributed by atoms with Crippen LogP contribution < -0.4 is 0 Å². The molecule has 13 heavy (non-hydrogen) atoms. The number of rotatable bonds is 4. The second-order valence-electron chi connectivity index (χ2n) is 3.54. The van der Waals surface area contributed by atoms with Crippen molar-refractivity contribution in [2.24, 2.45) is 0 Å². The first-order valence-corrected chi connectivity index (χ1v) is 7.40. The van der Waals surface area contributed by atoms with Gasteiger partial charge in [0.2, 0.25) is 8.32 Å². The van der Waals surface area contributed by atoms with Crippen LogP contribution in [0.1, 0.15) is 0 Å². The molecule has 0 bridgehead atoms. The molecule has 0 amide bonds. The average Bonchev–Trinajstić information content (AvgIpc) is 1.97. The summed E-state index contributed by atoms with van der Waals surface area (Å²) < 4.78 is 9.90. The molecule has 3 nitrogen and oxygen atoms in total. The SMILES string of the molecule is C=C(/C=C/C(=O)OC)O[Si](C)(C)C. The van der Waals surface area contributed by atoms with Crippen LogP contribution in [0, 0.1) is 0 Å². The Morgan fingerprint density at radius 2 is 1.85 bits per heavy atom. The van der Waals surface area contributed by atoms with Gasteiger partial charge in [-0.1, -0.05) is 6.58 Å². The number of esters is 1. The van der Waals surface area contributed by atoms with Crippen molar-refractivity contribution in [1.82, 2.24) is 0 Å². The van der Waals surface area contributed by atoms with E-state index >= 15 is 0 Å². The van der Waals surface area contributed by atoms with Crippen LogP contribution in [0.4, 0.5) is 0 Å². The van der Waals surface area contributed by atoms with E-state index in [-0.39, 0.29) is 0 Å². The van der Waals surface area contributed by atoms with Crippen molar-refractivity contribution in [3.8, 4) is 0 Å². The molecule has 0 saturated carbocycles. The van der Waals surface area contributed by atoms with Gasteiger partial charge in [-0.2, -0.15) is 0 Å². The van der Waals surface area contributed by atoms with Crippen LogP contribution in [0.2, 0.25) is 19.6 Å². The Morgan fingerprint density at radius 3 is 2.23 bits per heavy atom. The smallest absolute Gasteiger partial charge is 0.330 e. The third-order valence-electron chi connectivity index (χ3n) is 1.04. The van der Waals surface area contributed by atoms with Gasteiger partial charge in [-0.3, -0.25) is 0 Å². The Kier molecular flexibility index (Phi) is 4.48. The first kappa shape index (κ1) is 12.0. The van der Waals surface area contributed by atoms with E-state index in [1.54, 1.807) is 0 Å². The highest BCUT2D eigenvalue weighted by atomic mass is 28.4. The molecule has 4 heteroatoms. The van der Waals surface area contributed by atoms with Crippen molar-refractivity contribution in [1.29, 1.82) is 0 Å². The lowest BCUT2D eigenvalue weighted by Gasteiger charge is -2.18. The molecular formula is C9H16O3Si. The zero-order chi connectivity index (χ0) is 10.5. The van der Waals surface area contributed by atoms with Gasteiger partial charge < -0.3 is 9.16 Å². The summed E-state index contributed by atoms with van der Waals surface area (Å²) in [6, 6.07) is 0. The second kappa shape index (κ2) is 4.86. The minimum atomic E-state index is -1.61. The van der Waals surface area contributed by atoms with E-state index in [1.165, 1.54) is 19.3 Å². The van der Waals surface area contributed by atoms with Gasteiger partial charge in [0.1, 0.15) is 0 Å². The van der Waals surface area contributed by atoms with Crippen molar-refractivity contribution in [3.05, 3.63) is 24.5 Å². The average molecular weight is 200 g/mol. The van der Waals surface area contributed by atoms with Crippen molar-refractivity contribution >= 4 is 14.3 Å². The standard InChI is InChI=1S/C9H16O3Si/c1-8(12-13(3,4)5)6-7-9(10)11-2/h6-7H,1H2,2-5H3/b7-6+. The molecule has 74 valence electrons. The van der Waals surface area contributed by atoms with E-state index in [0.717, 1.165) is 0 Å². The summed E-state index contributed by atoms with van der Waals surface area (Å²) in [4.78, 5) is 10.7. The normalized spacial score (nSPS) is 11.4. The van der Waals surface area contributed by atoms with Gasteiger partial charge in [0.05, 0.1) is 12.9 Å². The third-order valence-corrected chi connectivity index (χ3v) is 1.92. The number of hydrogen-bond acceptors (Lipinski definition) is 3. The lowest BCUT2D eigenvalue weighted by Crippen LogP contribution is -2.24. The number of allylic oxidation sites excluding steroid dienone is 1. The Labute approximate surface area is 80.2 Å². The van der Waals surface area contributed by atoms with Gasteiger partial charge in [-0.15, -0.1) is 0 Å². The first-order valence-electron chi connectivity index (χ1n) is 3.99. The minimum Gasteiger partial charge on any atom is -0.545 e. The van der Waals surface area contributed by atoms with E-state index < -0.39 is 14.3 Å². The molecule has 0 atom stereocenters. The molecular weight excluding hydrogens is 184 g/mol. The van der Waals surface area contributed by atoms with Crippen LogP contribution in [0.25, 0.3) is 0 Å². The number of ether oxygens (including phenoxy) is 1. The molecule has 0 aromatic carbocycles. The molecule has 0 aliphatic carbocycles. The summed E-state index contributed by atoms with van der Waals surface area (Å²) in [5.41, 5.74) is 0. The third kappa shape index (κ3) is 7.33. The highest BCUT2D eigenvalue weighted by Gasteiger charge is 2.15. The van der Waals surface area contributed by atoms with E-state index in [0.29, 0.717) is 5.76 Å². The molecule has 0 spiro atoms. The van der Waals surface area contributed by atoms with E-state index in [9.17, 15) is 4.79 Å². The molecule has 0 saturated heterocycles. The lowest BCUT2D eigenvalue weighted by atomic mass is 10.4. The summed E-state index contributed by atoms with van der Waals surface area (Å²) in [6.07, 6.45) is 2.81. The molecule has 0 heterocycles. The summed E-state index contributed by atoms with van der Waals surface area (Å²) >= 11 is 0. The molecule has 0 fully saturated rings. The first-order chi connectivity index (χ1) is 5.85. The predicted molar refractivity (Wildman–Crippen MR) is 54.7 cm³/mol. The molecule has 0 aromatic heterocycles. The zero-order valence-corrected chi connectivity index (χ0v) is 9.59. The predicted octanol–water partition coefficient (Wildman–Crippen LogP) is 2.08. The quantitative estimate of drug-likeness (QED) is 0.229. The molecule has 0 aliphatic heterocycles. The molecule has 0 radical (unpaired) electrons. The van der Waals surface area contributed by atoms with Gasteiger partial charge in [0, 0.05) is 6.08 Å². The molecule has 0 aliphatic rings. The van der Waals surface area contributed by atoms with Crippen LogP contribution >= 0.6 is 0 Å². The van der Waals surface area contributed by atoms with E-state index in [1.807, 2.05) is 19.6 Å². The van der Waals surface area contributed by atoms with Crippen molar-refractivity contribution in [3.63, 3.8) is 0 Å². The van der Waals surface area contributed by atoms with Gasteiger partial charge in [0.25, 0.3) is 0 Å². The van der Waals surface area contributed by atoms with Crippen molar-refractivity contribution in [2.45, 2.75) is 19.6 Å². The number of hydrogen-bond donors (Lipinski definition) is 0. The van der Waals surface area contributed by atoms with Crippen LogP contribution in [-0.4, -0.2) is 21.4 Å². The molecule has 0 rings (SSSR count). The Morgan fingerprint density at radius 1 is 1.31 bits per heavy atom. The highest BCUT2D eigenvalue weighted by molar-refractivity contribution is 6.70. The molecule has 0 N–H and O–H groups in total. The van der Waals surface area contributed by atoms with E-state index in [4.69, 9.17) is 4.43 Å². The Balaban J connectivity index is 4.02. The van der Waals surface area contributed by atoms with Gasteiger partial charge in [-0.25, -0.2) is 4.79 Å². The van der Waals surface area contributed by atoms with Crippen LogP contribution in [-0.2, 0) is 14.0 Å². The monoisotopic (exact) mass is 200 g/mol. The summed E-state index contributed by atoms with van der Waals surface area (Å²) in [5.74, 6) is 0.102. The topological polar surface area (TPSA) is 35.5 Å². The van der Waals surface area contributed by atoms with Crippen LogP contribution in [0.3, 0.4) is 0 Å².